The van der Waals surface area contributed by atoms with Crippen LogP contribution in [0, 0.1) is 0 Å². The van der Waals surface area contributed by atoms with Crippen LogP contribution in [0.4, 0.5) is 5.69 Å². The molecule has 0 aliphatic heterocycles. The Bertz CT molecular complexity index is 1050. The molecule has 0 saturated carbocycles. The summed E-state index contributed by atoms with van der Waals surface area (Å²) in [6, 6.07) is 23.5. The summed E-state index contributed by atoms with van der Waals surface area (Å²) in [5, 5.41) is 2.82. The van der Waals surface area contributed by atoms with Gasteiger partial charge in [-0.15, -0.1) is 0 Å². The van der Waals surface area contributed by atoms with Crippen LogP contribution in [0.1, 0.15) is 17.3 Å². The van der Waals surface area contributed by atoms with Gasteiger partial charge in [-0.1, -0.05) is 42.5 Å². The number of hydrogen-bond donors (Lipinski definition) is 2. The van der Waals surface area contributed by atoms with Crippen LogP contribution in [-0.4, -0.2) is 27.0 Å². The first-order valence-corrected chi connectivity index (χ1v) is 10.6. The van der Waals surface area contributed by atoms with Crippen molar-refractivity contribution in [3.63, 3.8) is 0 Å². The molecular formula is C22H22N2O4S. The van der Waals surface area contributed by atoms with Gasteiger partial charge in [0, 0.05) is 11.3 Å². The van der Waals surface area contributed by atoms with Gasteiger partial charge in [0.05, 0.1) is 10.9 Å². The normalized spacial score (nSPS) is 12.0. The Morgan fingerprint density at radius 1 is 0.931 bits per heavy atom. The summed E-state index contributed by atoms with van der Waals surface area (Å²) in [5.41, 5.74) is 0.710. The molecule has 1 amide bonds. The van der Waals surface area contributed by atoms with E-state index in [0.717, 1.165) is 0 Å². The zero-order valence-electron chi connectivity index (χ0n) is 15.9. The van der Waals surface area contributed by atoms with E-state index in [1.807, 2.05) is 37.3 Å². The predicted molar refractivity (Wildman–Crippen MR) is 113 cm³/mol. The van der Waals surface area contributed by atoms with Crippen molar-refractivity contribution in [3.8, 4) is 5.75 Å². The number of ether oxygens (including phenoxy) is 1. The van der Waals surface area contributed by atoms with E-state index >= 15 is 0 Å². The minimum absolute atomic E-state index is 0.0159. The third-order valence-corrected chi connectivity index (χ3v) is 5.43. The van der Waals surface area contributed by atoms with Gasteiger partial charge in [-0.25, -0.2) is 8.42 Å². The first-order valence-electron chi connectivity index (χ1n) is 9.11. The molecule has 0 aromatic heterocycles. The van der Waals surface area contributed by atoms with Crippen molar-refractivity contribution in [3.05, 3.63) is 90.5 Å². The van der Waals surface area contributed by atoms with Gasteiger partial charge in [0.25, 0.3) is 15.9 Å². The first kappa shape index (κ1) is 20.4. The fourth-order valence-electron chi connectivity index (χ4n) is 2.61. The molecule has 0 bridgehead atoms. The van der Waals surface area contributed by atoms with E-state index in [2.05, 4.69) is 10.0 Å². The second-order valence-corrected chi connectivity index (χ2v) is 8.18. The van der Waals surface area contributed by atoms with Crippen molar-refractivity contribution in [1.82, 2.24) is 5.32 Å². The van der Waals surface area contributed by atoms with E-state index in [-0.39, 0.29) is 22.4 Å². The number of carbonyl (C=O) groups excluding carboxylic acids is 1. The number of sulfonamides is 1. The molecule has 0 radical (unpaired) electrons. The summed E-state index contributed by atoms with van der Waals surface area (Å²) in [4.78, 5) is 12.5. The Kier molecular flexibility index (Phi) is 6.51. The molecule has 29 heavy (non-hydrogen) atoms. The Morgan fingerprint density at radius 2 is 1.59 bits per heavy atom. The standard InChI is InChI=1S/C22H22N2O4S/c1-17(16-28-20-12-6-3-7-13-20)23-22(25)18-9-8-14-21(15-18)29(26,27)24-19-10-4-2-5-11-19/h2-15,17,24H,16H2,1H3,(H,23,25)/t17-/m0/s1. The average Bonchev–Trinajstić information content (AvgIpc) is 2.73. The van der Waals surface area contributed by atoms with Crippen LogP contribution in [0.25, 0.3) is 0 Å². The van der Waals surface area contributed by atoms with Gasteiger partial charge >= 0.3 is 0 Å². The Balaban J connectivity index is 1.64. The molecule has 3 rings (SSSR count). The molecule has 3 aromatic rings. The fraction of sp³-hybridized carbons (Fsp3) is 0.136. The summed E-state index contributed by atoms with van der Waals surface area (Å²) >= 11 is 0. The number of para-hydroxylation sites is 2. The molecule has 2 N–H and O–H groups in total. The molecule has 1 atom stereocenters. The highest BCUT2D eigenvalue weighted by molar-refractivity contribution is 7.92. The molecule has 3 aromatic carbocycles. The zero-order valence-corrected chi connectivity index (χ0v) is 16.7. The molecule has 0 fully saturated rings. The summed E-state index contributed by atoms with van der Waals surface area (Å²) in [6.45, 7) is 2.11. The minimum Gasteiger partial charge on any atom is -0.491 e. The van der Waals surface area contributed by atoms with E-state index in [0.29, 0.717) is 18.0 Å². The van der Waals surface area contributed by atoms with Crippen LogP contribution in [-0.2, 0) is 10.0 Å². The smallest absolute Gasteiger partial charge is 0.261 e. The number of nitrogens with one attached hydrogen (secondary N) is 2. The van der Waals surface area contributed by atoms with Gasteiger partial charge in [-0.2, -0.15) is 0 Å². The Labute approximate surface area is 170 Å². The molecule has 0 aliphatic carbocycles. The monoisotopic (exact) mass is 410 g/mol. The molecule has 150 valence electrons. The number of hydrogen-bond acceptors (Lipinski definition) is 4. The van der Waals surface area contributed by atoms with Crippen LogP contribution >= 0.6 is 0 Å². The largest absolute Gasteiger partial charge is 0.491 e. The van der Waals surface area contributed by atoms with Crippen molar-refractivity contribution in [2.75, 3.05) is 11.3 Å². The van der Waals surface area contributed by atoms with Gasteiger partial charge in [0.1, 0.15) is 12.4 Å². The molecule has 6 nitrogen and oxygen atoms in total. The van der Waals surface area contributed by atoms with Crippen molar-refractivity contribution < 1.29 is 17.9 Å². The summed E-state index contributed by atoms with van der Waals surface area (Å²) in [6.07, 6.45) is 0. The lowest BCUT2D eigenvalue weighted by molar-refractivity contribution is 0.0926. The van der Waals surface area contributed by atoms with E-state index in [9.17, 15) is 13.2 Å². The molecule has 0 aliphatic rings. The maximum atomic E-state index is 12.6. The molecule has 0 spiro atoms. The SMILES string of the molecule is C[C@@H](COc1ccccc1)NC(=O)c1cccc(S(=O)(=O)Nc2ccccc2)c1. The minimum atomic E-state index is -3.80. The second kappa shape index (κ2) is 9.25. The van der Waals surface area contributed by atoms with E-state index in [1.165, 1.54) is 12.1 Å². The molecule has 0 unspecified atom stereocenters. The van der Waals surface area contributed by atoms with Crippen LogP contribution in [0.3, 0.4) is 0 Å². The van der Waals surface area contributed by atoms with Crippen LogP contribution < -0.4 is 14.8 Å². The number of anilines is 1. The fourth-order valence-corrected chi connectivity index (χ4v) is 3.72. The van der Waals surface area contributed by atoms with Crippen molar-refractivity contribution in [2.45, 2.75) is 17.9 Å². The lowest BCUT2D eigenvalue weighted by Crippen LogP contribution is -2.36. The van der Waals surface area contributed by atoms with Gasteiger partial charge in [-0.3, -0.25) is 9.52 Å². The first-order chi connectivity index (χ1) is 13.9. The summed E-state index contributed by atoms with van der Waals surface area (Å²) in [5.74, 6) is 0.347. The topological polar surface area (TPSA) is 84.5 Å². The van der Waals surface area contributed by atoms with Crippen LogP contribution in [0.2, 0.25) is 0 Å². The van der Waals surface area contributed by atoms with Crippen molar-refractivity contribution in [1.29, 1.82) is 0 Å². The Morgan fingerprint density at radius 3 is 2.28 bits per heavy atom. The van der Waals surface area contributed by atoms with E-state index in [1.54, 1.807) is 42.5 Å². The number of benzene rings is 3. The lowest BCUT2D eigenvalue weighted by atomic mass is 10.2. The average molecular weight is 410 g/mol. The molecule has 0 saturated heterocycles. The second-order valence-electron chi connectivity index (χ2n) is 6.50. The summed E-state index contributed by atoms with van der Waals surface area (Å²) in [7, 11) is -3.80. The predicted octanol–water partition coefficient (Wildman–Crippen LogP) is 3.68. The highest BCUT2D eigenvalue weighted by atomic mass is 32.2. The number of carbonyl (C=O) groups is 1. The number of amides is 1. The van der Waals surface area contributed by atoms with Gasteiger partial charge in [0.2, 0.25) is 0 Å². The van der Waals surface area contributed by atoms with Crippen molar-refractivity contribution in [2.24, 2.45) is 0 Å². The zero-order chi connectivity index (χ0) is 20.7. The van der Waals surface area contributed by atoms with E-state index < -0.39 is 10.0 Å². The quantitative estimate of drug-likeness (QED) is 0.593. The van der Waals surface area contributed by atoms with E-state index in [4.69, 9.17) is 4.74 Å². The highest BCUT2D eigenvalue weighted by Crippen LogP contribution is 2.17. The molecule has 7 heteroatoms. The van der Waals surface area contributed by atoms with Crippen LogP contribution in [0.5, 0.6) is 5.75 Å². The lowest BCUT2D eigenvalue weighted by Gasteiger charge is -2.15. The van der Waals surface area contributed by atoms with Gasteiger partial charge < -0.3 is 10.1 Å². The third-order valence-electron chi connectivity index (χ3n) is 4.05. The van der Waals surface area contributed by atoms with Gasteiger partial charge in [-0.05, 0) is 49.4 Å². The highest BCUT2D eigenvalue weighted by Gasteiger charge is 2.17. The molecular weight excluding hydrogens is 388 g/mol. The maximum Gasteiger partial charge on any atom is 0.261 e. The van der Waals surface area contributed by atoms with Crippen molar-refractivity contribution >= 4 is 21.6 Å². The van der Waals surface area contributed by atoms with Gasteiger partial charge in [0.15, 0.2) is 0 Å². The maximum absolute atomic E-state index is 12.6. The number of rotatable bonds is 8. The van der Waals surface area contributed by atoms with Crippen LogP contribution in [0.15, 0.2) is 89.8 Å². The Hall–Kier alpha value is -3.32. The third kappa shape index (κ3) is 5.83. The molecule has 0 heterocycles. The summed E-state index contributed by atoms with van der Waals surface area (Å²) < 4.78 is 33.3.